The molecule has 0 aromatic carbocycles. The molecule has 0 rings (SSSR count). The molecule has 0 amide bonds. The van der Waals surface area contributed by atoms with Crippen molar-refractivity contribution in [3.63, 3.8) is 0 Å². The van der Waals surface area contributed by atoms with Crippen LogP contribution in [0.4, 0.5) is 4.79 Å². The Balaban J connectivity index is 0. The van der Waals surface area contributed by atoms with Gasteiger partial charge in [0.15, 0.2) is 0 Å². The molecule has 0 saturated carbocycles. The highest BCUT2D eigenvalue weighted by molar-refractivity contribution is 5.89. The fourth-order valence-electron chi connectivity index (χ4n) is 0.271. The highest BCUT2D eigenvalue weighted by atomic mass is 35.5. The van der Waals surface area contributed by atoms with Crippen LogP contribution in [0.2, 0.25) is 0 Å². The second-order valence-electron chi connectivity index (χ2n) is 1.31. The first-order chi connectivity index (χ1) is 4.70. The molecule has 0 radical (unpaired) electrons. The Morgan fingerprint density at radius 3 is 2.45 bits per heavy atom. The van der Waals surface area contributed by atoms with E-state index in [1.165, 1.54) is 0 Å². The monoisotopic (exact) mass is 180 g/mol. The zero-order valence-electron chi connectivity index (χ0n) is 6.03. The van der Waals surface area contributed by atoms with Crippen LogP contribution in [0.15, 0.2) is 12.7 Å². The highest BCUT2D eigenvalue weighted by Crippen LogP contribution is 1.85. The normalized spacial score (nSPS) is 7.36. The summed E-state index contributed by atoms with van der Waals surface area (Å²) in [6.45, 7) is 4.89. The molecular weight excluding hydrogens is 172 g/mol. The second kappa shape index (κ2) is 7.08. The summed E-state index contributed by atoms with van der Waals surface area (Å²) >= 11 is 0. The number of carbonyl (C=O) groups is 2. The first-order valence-corrected chi connectivity index (χ1v) is 2.71. The molecule has 0 saturated heterocycles. The van der Waals surface area contributed by atoms with Gasteiger partial charge in [0.05, 0.1) is 6.61 Å². The topological polar surface area (TPSA) is 52.6 Å². The van der Waals surface area contributed by atoms with E-state index in [0.29, 0.717) is 0 Å². The molecular formula is C6H9ClO4. The largest absolute Gasteiger partial charge is 0.516 e. The van der Waals surface area contributed by atoms with E-state index in [2.05, 4.69) is 16.1 Å². The van der Waals surface area contributed by atoms with Gasteiger partial charge in [0.25, 0.3) is 0 Å². The number of rotatable bonds is 2. The minimum absolute atomic E-state index is 0. The predicted molar refractivity (Wildman–Crippen MR) is 40.6 cm³/mol. The summed E-state index contributed by atoms with van der Waals surface area (Å²) in [4.78, 5) is 20.6. The molecule has 11 heavy (non-hydrogen) atoms. The van der Waals surface area contributed by atoms with Crippen LogP contribution in [0.25, 0.3) is 0 Å². The molecule has 0 aliphatic heterocycles. The number of ether oxygens (including phenoxy) is 2. The predicted octanol–water partition coefficient (Wildman–Crippen LogP) is 1.29. The molecule has 0 aliphatic rings. The van der Waals surface area contributed by atoms with Gasteiger partial charge < -0.3 is 9.47 Å². The van der Waals surface area contributed by atoms with Crippen molar-refractivity contribution in [2.24, 2.45) is 0 Å². The third kappa shape index (κ3) is 6.86. The van der Waals surface area contributed by atoms with Crippen molar-refractivity contribution in [2.75, 3.05) is 6.61 Å². The van der Waals surface area contributed by atoms with E-state index in [1.807, 2.05) is 0 Å². The van der Waals surface area contributed by atoms with Gasteiger partial charge >= 0.3 is 12.1 Å². The average molecular weight is 181 g/mol. The molecule has 4 nitrogen and oxygen atoms in total. The van der Waals surface area contributed by atoms with Gasteiger partial charge in [0.2, 0.25) is 0 Å². The lowest BCUT2D eigenvalue weighted by Gasteiger charge is -1.97. The van der Waals surface area contributed by atoms with E-state index in [4.69, 9.17) is 0 Å². The Hall–Kier alpha value is -1.03. The Morgan fingerprint density at radius 2 is 2.09 bits per heavy atom. The van der Waals surface area contributed by atoms with Gasteiger partial charge in [-0.25, -0.2) is 9.59 Å². The van der Waals surface area contributed by atoms with Crippen LogP contribution in [0.1, 0.15) is 6.92 Å². The third-order valence-corrected chi connectivity index (χ3v) is 0.613. The van der Waals surface area contributed by atoms with Crippen LogP contribution in [0.3, 0.4) is 0 Å². The van der Waals surface area contributed by atoms with Crippen molar-refractivity contribution in [3.05, 3.63) is 12.7 Å². The van der Waals surface area contributed by atoms with E-state index in [9.17, 15) is 9.59 Å². The maximum absolute atomic E-state index is 10.3. The lowest BCUT2D eigenvalue weighted by atomic mass is 10.7. The van der Waals surface area contributed by atoms with Crippen LogP contribution >= 0.6 is 12.4 Å². The molecule has 0 aliphatic carbocycles. The van der Waals surface area contributed by atoms with Crippen LogP contribution in [-0.2, 0) is 14.3 Å². The molecule has 5 heteroatoms. The Bertz CT molecular complexity index is 155. The van der Waals surface area contributed by atoms with Gasteiger partial charge in [-0.3, -0.25) is 0 Å². The third-order valence-electron chi connectivity index (χ3n) is 0.613. The summed E-state index contributed by atoms with van der Waals surface area (Å²) in [6.07, 6.45) is -0.107. The zero-order chi connectivity index (χ0) is 7.98. The zero-order valence-corrected chi connectivity index (χ0v) is 6.85. The molecule has 0 aromatic rings. The summed E-state index contributed by atoms with van der Waals surface area (Å²) < 4.78 is 8.31. The summed E-state index contributed by atoms with van der Waals surface area (Å²) in [5.74, 6) is -0.807. The van der Waals surface area contributed by atoms with Gasteiger partial charge in [-0.1, -0.05) is 6.58 Å². The lowest BCUT2D eigenvalue weighted by Crippen LogP contribution is -2.11. The van der Waals surface area contributed by atoms with Crippen LogP contribution in [-0.4, -0.2) is 18.7 Å². The van der Waals surface area contributed by atoms with Gasteiger partial charge in [-0.05, 0) is 6.92 Å². The summed E-state index contributed by atoms with van der Waals surface area (Å²) in [5, 5.41) is 0. The minimum Gasteiger partial charge on any atom is -0.434 e. The van der Waals surface area contributed by atoms with E-state index in [1.54, 1.807) is 6.92 Å². The summed E-state index contributed by atoms with van der Waals surface area (Å²) in [5.41, 5.74) is 0. The first-order valence-electron chi connectivity index (χ1n) is 2.71. The molecule has 0 fully saturated rings. The van der Waals surface area contributed by atoms with E-state index in [-0.39, 0.29) is 19.0 Å². The average Bonchev–Trinajstić information content (AvgIpc) is 1.88. The smallest absolute Gasteiger partial charge is 0.434 e. The molecule has 0 aromatic heterocycles. The molecule has 64 valence electrons. The van der Waals surface area contributed by atoms with Gasteiger partial charge in [-0.2, -0.15) is 0 Å². The number of halogens is 1. The Labute approximate surface area is 70.6 Å². The minimum atomic E-state index is -0.993. The Kier molecular flexibility index (Phi) is 8.13. The molecule has 0 atom stereocenters. The maximum atomic E-state index is 10.3. The number of esters is 1. The molecule has 0 N–H and O–H groups in total. The SMILES string of the molecule is C=CC(=O)OC(=O)OCC.Cl. The second-order valence-corrected chi connectivity index (χ2v) is 1.31. The van der Waals surface area contributed by atoms with Crippen molar-refractivity contribution in [1.82, 2.24) is 0 Å². The van der Waals surface area contributed by atoms with E-state index >= 15 is 0 Å². The van der Waals surface area contributed by atoms with Crippen molar-refractivity contribution in [3.8, 4) is 0 Å². The fourth-order valence-corrected chi connectivity index (χ4v) is 0.271. The number of hydrogen-bond donors (Lipinski definition) is 0. The van der Waals surface area contributed by atoms with Crippen LogP contribution in [0.5, 0.6) is 0 Å². The van der Waals surface area contributed by atoms with Crippen LogP contribution in [0, 0.1) is 0 Å². The van der Waals surface area contributed by atoms with Gasteiger partial charge in [0.1, 0.15) is 0 Å². The van der Waals surface area contributed by atoms with Crippen molar-refractivity contribution in [1.29, 1.82) is 0 Å². The molecule has 0 heterocycles. The maximum Gasteiger partial charge on any atom is 0.516 e. The molecule has 0 unspecified atom stereocenters. The Morgan fingerprint density at radius 1 is 1.55 bits per heavy atom. The van der Waals surface area contributed by atoms with Crippen LogP contribution < -0.4 is 0 Å². The highest BCUT2D eigenvalue weighted by Gasteiger charge is 2.05. The van der Waals surface area contributed by atoms with Crippen molar-refractivity contribution >= 4 is 24.5 Å². The molecule has 0 spiro atoms. The first kappa shape index (κ1) is 12.6. The van der Waals surface area contributed by atoms with Gasteiger partial charge in [0, 0.05) is 6.08 Å². The fraction of sp³-hybridized carbons (Fsp3) is 0.333. The number of hydrogen-bond acceptors (Lipinski definition) is 4. The summed E-state index contributed by atoms with van der Waals surface area (Å²) in [6, 6.07) is 0. The summed E-state index contributed by atoms with van der Waals surface area (Å²) in [7, 11) is 0. The standard InChI is InChI=1S/C6H8O4.ClH/c1-3-5(7)10-6(8)9-4-2;/h3H,1,4H2,2H3;1H. The van der Waals surface area contributed by atoms with Gasteiger partial charge in [-0.15, -0.1) is 12.4 Å². The molecule has 0 bridgehead atoms. The number of carbonyl (C=O) groups excluding carboxylic acids is 2. The lowest BCUT2D eigenvalue weighted by molar-refractivity contribution is -0.134. The van der Waals surface area contributed by atoms with Crippen molar-refractivity contribution < 1.29 is 19.1 Å². The van der Waals surface area contributed by atoms with Crippen molar-refractivity contribution in [2.45, 2.75) is 6.92 Å². The van der Waals surface area contributed by atoms with E-state index in [0.717, 1.165) is 6.08 Å². The quantitative estimate of drug-likeness (QED) is 0.365. The van der Waals surface area contributed by atoms with E-state index < -0.39 is 12.1 Å².